The first-order valence-electron chi connectivity index (χ1n) is 4.46. The average Bonchev–Trinajstić information content (AvgIpc) is 2.24. The van der Waals surface area contributed by atoms with E-state index in [2.05, 4.69) is 11.2 Å². The van der Waals surface area contributed by atoms with Gasteiger partial charge >= 0.3 is 0 Å². The Morgan fingerprint density at radius 1 is 1.53 bits per heavy atom. The van der Waals surface area contributed by atoms with Crippen LogP contribution in [0.25, 0.3) is 0 Å². The standard InChI is InChI=1S/C11H11ClFNO/c1-2-6-14-7-8-15-10-5-3-4-9(12)11(10)13/h1,3-5,14H,6-8H2. The smallest absolute Gasteiger partial charge is 0.183 e. The number of halogens is 2. The monoisotopic (exact) mass is 227 g/mol. The van der Waals surface area contributed by atoms with Crippen molar-refractivity contribution in [3.05, 3.63) is 29.0 Å². The van der Waals surface area contributed by atoms with E-state index in [0.29, 0.717) is 19.7 Å². The van der Waals surface area contributed by atoms with Crippen LogP contribution in [0.4, 0.5) is 4.39 Å². The second kappa shape index (κ2) is 6.28. The van der Waals surface area contributed by atoms with Crippen LogP contribution >= 0.6 is 11.6 Å². The van der Waals surface area contributed by atoms with Gasteiger partial charge in [0.15, 0.2) is 11.6 Å². The number of benzene rings is 1. The van der Waals surface area contributed by atoms with E-state index in [9.17, 15) is 4.39 Å². The molecule has 0 heterocycles. The van der Waals surface area contributed by atoms with Crippen molar-refractivity contribution in [1.29, 1.82) is 0 Å². The minimum atomic E-state index is -0.531. The van der Waals surface area contributed by atoms with Gasteiger partial charge < -0.3 is 10.1 Å². The maximum atomic E-state index is 13.3. The van der Waals surface area contributed by atoms with Crippen LogP contribution in [0.5, 0.6) is 5.75 Å². The van der Waals surface area contributed by atoms with Crippen molar-refractivity contribution in [3.63, 3.8) is 0 Å². The van der Waals surface area contributed by atoms with Crippen molar-refractivity contribution in [2.45, 2.75) is 0 Å². The summed E-state index contributed by atoms with van der Waals surface area (Å²) in [5.41, 5.74) is 0. The molecule has 1 N–H and O–H groups in total. The maximum absolute atomic E-state index is 13.3. The van der Waals surface area contributed by atoms with E-state index in [0.717, 1.165) is 0 Å². The third kappa shape index (κ3) is 3.78. The minimum Gasteiger partial charge on any atom is -0.489 e. The highest BCUT2D eigenvalue weighted by molar-refractivity contribution is 6.30. The highest BCUT2D eigenvalue weighted by Gasteiger charge is 2.06. The molecule has 0 aromatic heterocycles. The number of nitrogens with one attached hydrogen (secondary N) is 1. The first-order valence-corrected chi connectivity index (χ1v) is 4.84. The second-order valence-electron chi connectivity index (χ2n) is 2.78. The summed E-state index contributed by atoms with van der Waals surface area (Å²) in [7, 11) is 0. The first-order chi connectivity index (χ1) is 7.25. The summed E-state index contributed by atoms with van der Waals surface area (Å²) in [5.74, 6) is 2.05. The molecule has 15 heavy (non-hydrogen) atoms. The summed E-state index contributed by atoms with van der Waals surface area (Å²) < 4.78 is 18.4. The van der Waals surface area contributed by atoms with Crippen LogP contribution in [-0.2, 0) is 0 Å². The molecule has 0 aliphatic rings. The van der Waals surface area contributed by atoms with Crippen molar-refractivity contribution < 1.29 is 9.13 Å². The van der Waals surface area contributed by atoms with Gasteiger partial charge in [-0.25, -0.2) is 4.39 Å². The van der Waals surface area contributed by atoms with E-state index in [4.69, 9.17) is 22.8 Å². The van der Waals surface area contributed by atoms with Crippen LogP contribution in [0.2, 0.25) is 5.02 Å². The van der Waals surface area contributed by atoms with Gasteiger partial charge in [-0.15, -0.1) is 6.42 Å². The molecule has 2 nitrogen and oxygen atoms in total. The van der Waals surface area contributed by atoms with Crippen molar-refractivity contribution in [1.82, 2.24) is 5.32 Å². The quantitative estimate of drug-likeness (QED) is 0.614. The number of ether oxygens (including phenoxy) is 1. The van der Waals surface area contributed by atoms with Gasteiger partial charge in [0.1, 0.15) is 6.61 Å². The molecule has 0 unspecified atom stereocenters. The fourth-order valence-corrected chi connectivity index (χ4v) is 1.16. The molecule has 0 bridgehead atoms. The second-order valence-corrected chi connectivity index (χ2v) is 3.19. The number of rotatable bonds is 5. The van der Waals surface area contributed by atoms with Crippen molar-refractivity contribution in [2.24, 2.45) is 0 Å². The molecule has 1 aromatic rings. The van der Waals surface area contributed by atoms with Crippen LogP contribution in [0.3, 0.4) is 0 Å². The molecular formula is C11H11ClFNO. The summed E-state index contributed by atoms with van der Waals surface area (Å²) in [5, 5.41) is 2.98. The van der Waals surface area contributed by atoms with E-state index >= 15 is 0 Å². The third-order valence-corrected chi connectivity index (χ3v) is 1.97. The lowest BCUT2D eigenvalue weighted by molar-refractivity contribution is 0.301. The first kappa shape index (κ1) is 11.8. The molecule has 0 amide bonds. The normalized spacial score (nSPS) is 9.67. The minimum absolute atomic E-state index is 0.0593. The van der Waals surface area contributed by atoms with Crippen LogP contribution < -0.4 is 10.1 Å². The van der Waals surface area contributed by atoms with Gasteiger partial charge in [0.05, 0.1) is 11.6 Å². The molecule has 0 aliphatic heterocycles. The van der Waals surface area contributed by atoms with Crippen molar-refractivity contribution in [3.8, 4) is 18.1 Å². The lowest BCUT2D eigenvalue weighted by atomic mass is 10.3. The molecule has 0 atom stereocenters. The third-order valence-electron chi connectivity index (χ3n) is 1.68. The Morgan fingerprint density at radius 2 is 2.33 bits per heavy atom. The molecule has 0 aliphatic carbocycles. The molecule has 0 saturated carbocycles. The summed E-state index contributed by atoms with van der Waals surface area (Å²) in [4.78, 5) is 0. The number of hydrogen-bond donors (Lipinski definition) is 1. The fourth-order valence-electron chi connectivity index (χ4n) is 0.989. The highest BCUT2D eigenvalue weighted by atomic mass is 35.5. The number of hydrogen-bond acceptors (Lipinski definition) is 2. The summed E-state index contributed by atoms with van der Waals surface area (Å²) in [6.45, 7) is 1.39. The molecular weight excluding hydrogens is 217 g/mol. The predicted octanol–water partition coefficient (Wildman–Crippen LogP) is 2.08. The van der Waals surface area contributed by atoms with Crippen molar-refractivity contribution in [2.75, 3.05) is 19.7 Å². The van der Waals surface area contributed by atoms with Crippen LogP contribution in [-0.4, -0.2) is 19.7 Å². The Kier molecular flexibility index (Phi) is 4.96. The van der Waals surface area contributed by atoms with E-state index in [1.807, 2.05) is 0 Å². The Bertz CT molecular complexity index is 362. The number of terminal acetylenes is 1. The Morgan fingerprint density at radius 3 is 3.07 bits per heavy atom. The Balaban J connectivity index is 2.38. The Labute approximate surface area is 93.4 Å². The van der Waals surface area contributed by atoms with Gasteiger partial charge in [-0.05, 0) is 12.1 Å². The van der Waals surface area contributed by atoms with Gasteiger partial charge in [-0.1, -0.05) is 23.6 Å². The Hall–Kier alpha value is -1.24. The molecule has 0 fully saturated rings. The molecule has 0 saturated heterocycles. The molecule has 0 spiro atoms. The predicted molar refractivity (Wildman–Crippen MR) is 58.6 cm³/mol. The highest BCUT2D eigenvalue weighted by Crippen LogP contribution is 2.23. The SMILES string of the molecule is C#CCNCCOc1cccc(Cl)c1F. The lowest BCUT2D eigenvalue weighted by Gasteiger charge is -2.07. The molecule has 1 aromatic carbocycles. The fraction of sp³-hybridized carbons (Fsp3) is 0.273. The summed E-state index contributed by atoms with van der Waals surface area (Å²) in [6.07, 6.45) is 5.04. The van der Waals surface area contributed by atoms with E-state index in [1.165, 1.54) is 12.1 Å². The van der Waals surface area contributed by atoms with E-state index < -0.39 is 5.82 Å². The topological polar surface area (TPSA) is 21.3 Å². The molecule has 1 rings (SSSR count). The maximum Gasteiger partial charge on any atom is 0.183 e. The molecule has 80 valence electrons. The van der Waals surface area contributed by atoms with Crippen LogP contribution in [0, 0.1) is 18.2 Å². The zero-order chi connectivity index (χ0) is 11.1. The summed E-state index contributed by atoms with van der Waals surface area (Å²) in [6, 6.07) is 4.64. The van der Waals surface area contributed by atoms with Gasteiger partial charge in [-0.3, -0.25) is 0 Å². The van der Waals surface area contributed by atoms with Gasteiger partial charge in [-0.2, -0.15) is 0 Å². The van der Waals surface area contributed by atoms with Crippen LogP contribution in [0.1, 0.15) is 0 Å². The average molecular weight is 228 g/mol. The van der Waals surface area contributed by atoms with Gasteiger partial charge in [0.25, 0.3) is 0 Å². The molecule has 4 heteroatoms. The van der Waals surface area contributed by atoms with E-state index in [-0.39, 0.29) is 10.8 Å². The zero-order valence-electron chi connectivity index (χ0n) is 8.09. The van der Waals surface area contributed by atoms with Crippen LogP contribution in [0.15, 0.2) is 18.2 Å². The lowest BCUT2D eigenvalue weighted by Crippen LogP contribution is -2.21. The van der Waals surface area contributed by atoms with Crippen molar-refractivity contribution >= 4 is 11.6 Å². The summed E-state index contributed by atoms with van der Waals surface area (Å²) >= 11 is 5.58. The molecule has 0 radical (unpaired) electrons. The zero-order valence-corrected chi connectivity index (χ0v) is 8.85. The largest absolute Gasteiger partial charge is 0.489 e. The van der Waals surface area contributed by atoms with Gasteiger partial charge in [0, 0.05) is 6.54 Å². The van der Waals surface area contributed by atoms with Gasteiger partial charge in [0.2, 0.25) is 0 Å². The van der Waals surface area contributed by atoms with E-state index in [1.54, 1.807) is 6.07 Å².